The molecule has 0 aliphatic carbocycles. The lowest BCUT2D eigenvalue weighted by molar-refractivity contribution is -0.144. The van der Waals surface area contributed by atoms with Gasteiger partial charge in [-0.05, 0) is 73.8 Å². The van der Waals surface area contributed by atoms with Crippen molar-refractivity contribution in [3.63, 3.8) is 0 Å². The van der Waals surface area contributed by atoms with Crippen LogP contribution in [0.2, 0.25) is 0 Å². The number of esters is 2. The van der Waals surface area contributed by atoms with E-state index in [1.165, 1.54) is 54.0 Å². The molecular formula is C33H44O5. The molecule has 1 N–H and O–H groups in total. The van der Waals surface area contributed by atoms with E-state index in [0.717, 1.165) is 19.3 Å². The normalized spacial score (nSPS) is 12.4. The van der Waals surface area contributed by atoms with Crippen LogP contribution < -0.4 is 0 Å². The monoisotopic (exact) mass is 520 g/mol. The van der Waals surface area contributed by atoms with Crippen LogP contribution >= 0.6 is 0 Å². The number of aliphatic hydroxyl groups is 1. The summed E-state index contributed by atoms with van der Waals surface area (Å²) in [6.45, 7) is 14.8. The zero-order valence-electron chi connectivity index (χ0n) is 23.6. The van der Waals surface area contributed by atoms with Crippen molar-refractivity contribution in [3.8, 4) is 11.1 Å². The van der Waals surface area contributed by atoms with Crippen LogP contribution in [0.1, 0.15) is 70.1 Å². The summed E-state index contributed by atoms with van der Waals surface area (Å²) in [7, 11) is 0. The summed E-state index contributed by atoms with van der Waals surface area (Å²) in [5, 5.41) is 9.58. The third-order valence-corrected chi connectivity index (χ3v) is 6.74. The van der Waals surface area contributed by atoms with Crippen LogP contribution in [0.3, 0.4) is 0 Å². The van der Waals surface area contributed by atoms with Crippen LogP contribution in [0.5, 0.6) is 0 Å². The molecule has 0 saturated carbocycles. The van der Waals surface area contributed by atoms with E-state index in [0.29, 0.717) is 12.0 Å². The van der Waals surface area contributed by atoms with Gasteiger partial charge in [0.05, 0.1) is 24.9 Å². The molecule has 0 amide bonds. The molecule has 0 aliphatic heterocycles. The number of unbranched alkanes of at least 4 members (excludes halogenated alkanes) is 2. The minimum Gasteiger partial charge on any atom is -0.462 e. The highest BCUT2D eigenvalue weighted by atomic mass is 16.5. The van der Waals surface area contributed by atoms with Gasteiger partial charge in [-0.3, -0.25) is 0 Å². The Labute approximate surface area is 228 Å². The summed E-state index contributed by atoms with van der Waals surface area (Å²) >= 11 is 0. The highest BCUT2D eigenvalue weighted by Gasteiger charge is 2.19. The molecule has 0 aliphatic rings. The number of ether oxygens (including phenoxy) is 2. The average Bonchev–Trinajstić information content (AvgIpc) is 2.92. The molecule has 2 atom stereocenters. The van der Waals surface area contributed by atoms with E-state index >= 15 is 0 Å². The Morgan fingerprint density at radius 1 is 0.895 bits per heavy atom. The molecule has 206 valence electrons. The lowest BCUT2D eigenvalue weighted by Crippen LogP contribution is -2.24. The molecule has 38 heavy (non-hydrogen) atoms. The lowest BCUT2D eigenvalue weighted by Gasteiger charge is -2.19. The smallest absolute Gasteiger partial charge is 0.336 e. The van der Waals surface area contributed by atoms with E-state index in [4.69, 9.17) is 9.47 Å². The van der Waals surface area contributed by atoms with Gasteiger partial charge in [-0.2, -0.15) is 0 Å². The number of benzene rings is 2. The van der Waals surface area contributed by atoms with Gasteiger partial charge in [0.2, 0.25) is 0 Å². The van der Waals surface area contributed by atoms with E-state index in [2.05, 4.69) is 69.5 Å². The fourth-order valence-electron chi connectivity index (χ4n) is 4.17. The van der Waals surface area contributed by atoms with Crippen molar-refractivity contribution in [2.75, 3.05) is 13.2 Å². The van der Waals surface area contributed by atoms with Crippen molar-refractivity contribution in [2.24, 2.45) is 5.92 Å². The second kappa shape index (κ2) is 15.9. The van der Waals surface area contributed by atoms with Crippen molar-refractivity contribution < 1.29 is 24.2 Å². The van der Waals surface area contributed by atoms with Gasteiger partial charge in [0.15, 0.2) is 0 Å². The highest BCUT2D eigenvalue weighted by molar-refractivity contribution is 5.88. The molecule has 0 heterocycles. The van der Waals surface area contributed by atoms with Gasteiger partial charge >= 0.3 is 11.9 Å². The van der Waals surface area contributed by atoms with Crippen molar-refractivity contribution in [3.05, 3.63) is 83.5 Å². The molecule has 0 saturated heterocycles. The maximum Gasteiger partial charge on any atom is 0.336 e. The number of rotatable bonds is 16. The van der Waals surface area contributed by atoms with Gasteiger partial charge in [0, 0.05) is 11.5 Å². The number of carbonyl (C=O) groups is 2. The molecule has 0 bridgehead atoms. The van der Waals surface area contributed by atoms with Crippen LogP contribution in [-0.4, -0.2) is 36.4 Å². The predicted molar refractivity (Wildman–Crippen MR) is 154 cm³/mol. The number of carbonyl (C=O) groups excluding carboxylic acids is 2. The second-order valence-corrected chi connectivity index (χ2v) is 10.1. The van der Waals surface area contributed by atoms with Gasteiger partial charge in [-0.1, -0.05) is 82.3 Å². The molecule has 2 aromatic carbocycles. The minimum absolute atomic E-state index is 0.000140. The van der Waals surface area contributed by atoms with Gasteiger partial charge in [-0.15, -0.1) is 0 Å². The average molecular weight is 521 g/mol. The molecule has 0 radical (unpaired) electrons. The molecule has 2 unspecified atom stereocenters. The number of hydrogen-bond acceptors (Lipinski definition) is 5. The summed E-state index contributed by atoms with van der Waals surface area (Å²) < 4.78 is 10.7. The minimum atomic E-state index is -0.981. The summed E-state index contributed by atoms with van der Waals surface area (Å²) in [6.07, 6.45) is 6.19. The zero-order valence-corrected chi connectivity index (χ0v) is 23.6. The van der Waals surface area contributed by atoms with Gasteiger partial charge in [0.25, 0.3) is 0 Å². The second-order valence-electron chi connectivity index (χ2n) is 10.1. The van der Waals surface area contributed by atoms with Crippen molar-refractivity contribution in [2.45, 2.75) is 78.7 Å². The van der Waals surface area contributed by atoms with Crippen LogP contribution in [-0.2, 0) is 38.3 Å². The van der Waals surface area contributed by atoms with E-state index < -0.39 is 18.0 Å². The maximum absolute atomic E-state index is 12.1. The summed E-state index contributed by atoms with van der Waals surface area (Å²) in [6, 6.07) is 15.5. The van der Waals surface area contributed by atoms with Crippen LogP contribution in [0, 0.1) is 5.92 Å². The molecule has 0 aromatic heterocycles. The Hall–Kier alpha value is -3.18. The summed E-state index contributed by atoms with van der Waals surface area (Å²) in [5.74, 6) is -1.32. The molecular weight excluding hydrogens is 476 g/mol. The highest BCUT2D eigenvalue weighted by Crippen LogP contribution is 2.27. The third kappa shape index (κ3) is 9.94. The molecule has 0 fully saturated rings. The number of aliphatic hydroxyl groups excluding tert-OH is 1. The fourth-order valence-corrected chi connectivity index (χ4v) is 4.17. The Bertz CT molecular complexity index is 1080. The van der Waals surface area contributed by atoms with E-state index in [-0.39, 0.29) is 24.7 Å². The fraction of sp³-hybridized carbons (Fsp3) is 0.455. The first-order valence-electron chi connectivity index (χ1n) is 13.7. The van der Waals surface area contributed by atoms with Crippen LogP contribution in [0.15, 0.2) is 66.8 Å². The standard InChI is InChI=1S/C33H44O5/c1-7-9-10-11-26-14-17-30(18-15-26)31-19-16-27(20-29(31)8-2)12-13-28(21-37-32(35)23(3)4)22-38-33(36)24(5)25(6)34/h14-20,25,28,34H,3,5,7-13,21-22H2,1-2,4,6H3. The summed E-state index contributed by atoms with van der Waals surface area (Å²) in [4.78, 5) is 24.1. The van der Waals surface area contributed by atoms with Gasteiger partial charge in [0.1, 0.15) is 0 Å². The van der Waals surface area contributed by atoms with E-state index in [9.17, 15) is 14.7 Å². The van der Waals surface area contributed by atoms with Gasteiger partial charge in [-0.25, -0.2) is 9.59 Å². The predicted octanol–water partition coefficient (Wildman–Crippen LogP) is 6.80. The largest absolute Gasteiger partial charge is 0.462 e. The first kappa shape index (κ1) is 31.0. The molecule has 2 rings (SSSR count). The Kier molecular flexibility index (Phi) is 13.0. The zero-order chi connectivity index (χ0) is 28.1. The SMILES string of the molecule is C=C(C)C(=O)OCC(CCc1ccc(-c2ccc(CCCCC)cc2)c(CC)c1)COC(=O)C(=C)C(C)O. The Morgan fingerprint density at radius 3 is 2.11 bits per heavy atom. The Balaban J connectivity index is 2.08. The molecule has 0 spiro atoms. The number of aryl methyl sites for hydroxylation is 3. The Morgan fingerprint density at radius 2 is 1.53 bits per heavy atom. The topological polar surface area (TPSA) is 72.8 Å². The summed E-state index contributed by atoms with van der Waals surface area (Å²) in [5.41, 5.74) is 6.63. The van der Waals surface area contributed by atoms with Crippen LogP contribution in [0.25, 0.3) is 11.1 Å². The van der Waals surface area contributed by atoms with Crippen molar-refractivity contribution in [1.29, 1.82) is 0 Å². The molecule has 5 nitrogen and oxygen atoms in total. The molecule has 5 heteroatoms. The first-order chi connectivity index (χ1) is 18.2. The van der Waals surface area contributed by atoms with Gasteiger partial charge < -0.3 is 14.6 Å². The quantitative estimate of drug-likeness (QED) is 0.150. The lowest BCUT2D eigenvalue weighted by atomic mass is 9.92. The third-order valence-electron chi connectivity index (χ3n) is 6.74. The number of hydrogen-bond donors (Lipinski definition) is 1. The first-order valence-corrected chi connectivity index (χ1v) is 13.7. The van der Waals surface area contributed by atoms with E-state index in [1.54, 1.807) is 6.92 Å². The maximum atomic E-state index is 12.1. The molecule has 2 aromatic rings. The van der Waals surface area contributed by atoms with Crippen molar-refractivity contribution >= 4 is 11.9 Å². The van der Waals surface area contributed by atoms with Crippen LogP contribution in [0.4, 0.5) is 0 Å². The van der Waals surface area contributed by atoms with E-state index in [1.807, 2.05) is 0 Å². The van der Waals surface area contributed by atoms with Crippen molar-refractivity contribution in [1.82, 2.24) is 0 Å².